The van der Waals surface area contributed by atoms with Crippen LogP contribution in [0.2, 0.25) is 0 Å². The maximum Gasteiger partial charge on any atom is 0.275 e. The number of para-hydroxylation sites is 1. The Morgan fingerprint density at radius 2 is 1.85 bits per heavy atom. The number of carbonyl (C=O) groups is 2. The van der Waals surface area contributed by atoms with Gasteiger partial charge in [-0.3, -0.25) is 25.2 Å². The van der Waals surface area contributed by atoms with Gasteiger partial charge in [-0.1, -0.05) is 26.0 Å². The van der Waals surface area contributed by atoms with Crippen LogP contribution in [-0.4, -0.2) is 40.1 Å². The molecule has 0 saturated carbocycles. The highest BCUT2D eigenvalue weighted by Crippen LogP contribution is 2.28. The van der Waals surface area contributed by atoms with E-state index in [1.54, 1.807) is 36.4 Å². The molecule has 0 aliphatic carbocycles. The first-order valence-corrected chi connectivity index (χ1v) is 10.8. The van der Waals surface area contributed by atoms with Gasteiger partial charge in [-0.25, -0.2) is 4.52 Å². The van der Waals surface area contributed by atoms with E-state index in [2.05, 4.69) is 34.8 Å². The minimum atomic E-state index is -0.630. The monoisotopic (exact) mass is 463 g/mol. The lowest BCUT2D eigenvalue weighted by atomic mass is 10.1. The van der Waals surface area contributed by atoms with Gasteiger partial charge in [0, 0.05) is 5.56 Å². The van der Waals surface area contributed by atoms with Crippen LogP contribution < -0.4 is 25.9 Å². The Labute approximate surface area is 194 Å². The van der Waals surface area contributed by atoms with E-state index in [1.165, 1.54) is 23.9 Å². The van der Waals surface area contributed by atoms with Gasteiger partial charge < -0.3 is 14.5 Å². The maximum absolute atomic E-state index is 12.7. The zero-order chi connectivity index (χ0) is 24.2. The highest BCUT2D eigenvalue weighted by molar-refractivity contribution is 6.03. The molecule has 2 heterocycles. The molecule has 0 spiro atoms. The van der Waals surface area contributed by atoms with Crippen LogP contribution in [0.3, 0.4) is 0 Å². The number of nitrogens with one attached hydrogen (secondary N) is 3. The number of aromatic amines is 1. The second-order valence-corrected chi connectivity index (χ2v) is 8.09. The molecule has 10 nitrogen and oxygen atoms in total. The number of aromatic nitrogens is 3. The van der Waals surface area contributed by atoms with E-state index in [-0.39, 0.29) is 22.3 Å². The third-order valence-electron chi connectivity index (χ3n) is 5.29. The van der Waals surface area contributed by atoms with Crippen LogP contribution in [0.4, 0.5) is 0 Å². The zero-order valence-electron chi connectivity index (χ0n) is 19.0. The minimum absolute atomic E-state index is 0.106. The fraction of sp³-hybridized carbons (Fsp3) is 0.250. The van der Waals surface area contributed by atoms with Crippen molar-refractivity contribution in [1.29, 1.82) is 0 Å². The molecule has 0 atom stereocenters. The van der Waals surface area contributed by atoms with Gasteiger partial charge in [-0.2, -0.15) is 5.10 Å². The van der Waals surface area contributed by atoms with Crippen molar-refractivity contribution in [2.75, 3.05) is 13.7 Å². The minimum Gasteiger partial charge on any atom is -0.493 e. The number of fused-ring (bicyclic) bond motifs is 3. The summed E-state index contributed by atoms with van der Waals surface area (Å²) >= 11 is 0. The number of hydrogen-bond acceptors (Lipinski definition) is 6. The normalized spacial score (nSPS) is 11.1. The first-order chi connectivity index (χ1) is 16.4. The molecule has 0 saturated heterocycles. The molecule has 2 aromatic heterocycles. The fourth-order valence-electron chi connectivity index (χ4n) is 3.43. The molecule has 2 amide bonds. The maximum atomic E-state index is 12.7. The zero-order valence-corrected chi connectivity index (χ0v) is 19.0. The molecule has 4 aromatic rings. The summed E-state index contributed by atoms with van der Waals surface area (Å²) in [7, 11) is 1.49. The predicted molar refractivity (Wildman–Crippen MR) is 126 cm³/mol. The van der Waals surface area contributed by atoms with E-state index in [9.17, 15) is 14.4 Å². The smallest absolute Gasteiger partial charge is 0.275 e. The molecule has 3 N–H and O–H groups in total. The molecule has 4 rings (SSSR count). The second-order valence-electron chi connectivity index (χ2n) is 8.09. The van der Waals surface area contributed by atoms with E-state index in [0.717, 1.165) is 6.42 Å². The molecule has 0 unspecified atom stereocenters. The lowest BCUT2D eigenvalue weighted by Gasteiger charge is -2.13. The Morgan fingerprint density at radius 1 is 1.09 bits per heavy atom. The van der Waals surface area contributed by atoms with Crippen molar-refractivity contribution in [1.82, 2.24) is 25.4 Å². The molecular weight excluding hydrogens is 438 g/mol. The van der Waals surface area contributed by atoms with Gasteiger partial charge in [-0.05, 0) is 42.7 Å². The summed E-state index contributed by atoms with van der Waals surface area (Å²) in [4.78, 5) is 40.4. The topological polar surface area (TPSA) is 127 Å². The largest absolute Gasteiger partial charge is 0.493 e. The van der Waals surface area contributed by atoms with Gasteiger partial charge in [0.25, 0.3) is 17.4 Å². The van der Waals surface area contributed by atoms with Gasteiger partial charge in [0.05, 0.1) is 30.8 Å². The Balaban J connectivity index is 1.47. The average Bonchev–Trinajstić information content (AvgIpc) is 3.26. The Bertz CT molecular complexity index is 1420. The molecule has 0 aliphatic heterocycles. The number of nitrogens with zero attached hydrogens (tertiary/aromatic N) is 2. The number of hydrazine groups is 1. The summed E-state index contributed by atoms with van der Waals surface area (Å²) in [6, 6.07) is 11.7. The molecule has 34 heavy (non-hydrogen) atoms. The first kappa shape index (κ1) is 22.8. The number of H-pyrrole nitrogens is 1. The van der Waals surface area contributed by atoms with Gasteiger partial charge in [-0.15, -0.1) is 0 Å². The molecule has 2 aromatic carbocycles. The summed E-state index contributed by atoms with van der Waals surface area (Å²) in [5, 5.41) is 4.65. The quantitative estimate of drug-likeness (QED) is 0.362. The number of hydrogen-bond donors (Lipinski definition) is 3. The molecule has 0 radical (unpaired) electrons. The fourth-order valence-corrected chi connectivity index (χ4v) is 3.43. The van der Waals surface area contributed by atoms with Crippen LogP contribution in [0, 0.1) is 5.92 Å². The van der Waals surface area contributed by atoms with Crippen molar-refractivity contribution in [3.63, 3.8) is 0 Å². The van der Waals surface area contributed by atoms with E-state index in [1.807, 2.05) is 0 Å². The van der Waals surface area contributed by atoms with E-state index < -0.39 is 11.8 Å². The number of amides is 2. The van der Waals surface area contributed by atoms with Crippen molar-refractivity contribution < 1.29 is 19.1 Å². The summed E-state index contributed by atoms with van der Waals surface area (Å²) in [6.45, 7) is 4.75. The van der Waals surface area contributed by atoms with Crippen LogP contribution in [-0.2, 0) is 0 Å². The average molecular weight is 463 g/mol. The summed E-state index contributed by atoms with van der Waals surface area (Å²) in [6.07, 6.45) is 2.22. The van der Waals surface area contributed by atoms with Crippen LogP contribution in [0.15, 0.2) is 53.5 Å². The van der Waals surface area contributed by atoms with Gasteiger partial charge in [0.1, 0.15) is 11.2 Å². The first-order valence-electron chi connectivity index (χ1n) is 10.8. The third-order valence-corrected chi connectivity index (χ3v) is 5.29. The second kappa shape index (κ2) is 9.65. The van der Waals surface area contributed by atoms with Crippen molar-refractivity contribution in [2.24, 2.45) is 5.92 Å². The van der Waals surface area contributed by atoms with Crippen LogP contribution in [0.1, 0.15) is 41.0 Å². The van der Waals surface area contributed by atoms with E-state index in [0.29, 0.717) is 34.9 Å². The van der Waals surface area contributed by atoms with E-state index in [4.69, 9.17) is 9.47 Å². The van der Waals surface area contributed by atoms with Gasteiger partial charge >= 0.3 is 0 Å². The SMILES string of the molecule is COc1cc(C(=O)NNC(=O)c2cnn3c2[nH]c(=O)c2ccccc23)ccc1OCCC(C)C. The number of rotatable bonds is 7. The lowest BCUT2D eigenvalue weighted by Crippen LogP contribution is -2.41. The number of benzene rings is 2. The Hall–Kier alpha value is -4.34. The lowest BCUT2D eigenvalue weighted by molar-refractivity contribution is 0.0847. The highest BCUT2D eigenvalue weighted by Gasteiger charge is 2.18. The van der Waals surface area contributed by atoms with Crippen molar-refractivity contribution in [3.05, 3.63) is 70.1 Å². The summed E-state index contributed by atoms with van der Waals surface area (Å²) in [5.41, 5.74) is 5.54. The number of methoxy groups -OCH3 is 1. The van der Waals surface area contributed by atoms with E-state index >= 15 is 0 Å². The summed E-state index contributed by atoms with van der Waals surface area (Å²) < 4.78 is 12.5. The van der Waals surface area contributed by atoms with Crippen molar-refractivity contribution >= 4 is 28.4 Å². The molecular formula is C24H25N5O5. The Kier molecular flexibility index (Phi) is 6.48. The van der Waals surface area contributed by atoms with Crippen molar-refractivity contribution in [3.8, 4) is 11.5 Å². The Morgan fingerprint density at radius 3 is 2.62 bits per heavy atom. The van der Waals surface area contributed by atoms with Crippen LogP contribution in [0.25, 0.3) is 16.6 Å². The van der Waals surface area contributed by atoms with Gasteiger partial charge in [0.2, 0.25) is 0 Å². The third kappa shape index (κ3) is 4.56. The van der Waals surface area contributed by atoms with Crippen molar-refractivity contribution in [2.45, 2.75) is 20.3 Å². The molecule has 176 valence electrons. The molecule has 0 fully saturated rings. The van der Waals surface area contributed by atoms with Crippen LogP contribution >= 0.6 is 0 Å². The van der Waals surface area contributed by atoms with Crippen LogP contribution in [0.5, 0.6) is 11.5 Å². The molecule has 10 heteroatoms. The highest BCUT2D eigenvalue weighted by atomic mass is 16.5. The van der Waals surface area contributed by atoms with Gasteiger partial charge in [0.15, 0.2) is 11.5 Å². The molecule has 0 bridgehead atoms. The molecule has 0 aliphatic rings. The predicted octanol–water partition coefficient (Wildman–Crippen LogP) is 2.68. The number of ether oxygens (including phenoxy) is 2. The number of carbonyl (C=O) groups excluding carboxylic acids is 2. The standard InChI is InChI=1S/C24H25N5O5/c1-14(2)10-11-34-19-9-8-15(12-20(19)33-3)22(30)27-28-24(32)17-13-25-29-18-7-5-4-6-16(18)23(31)26-21(17)29/h4-9,12-14H,10-11H2,1-3H3,(H,26,31)(H,27,30)(H,28,32). The summed E-state index contributed by atoms with van der Waals surface area (Å²) in [5.74, 6) is 0.274.